The molecular formula is C13H15ClN2O3. The third-order valence-corrected chi connectivity index (χ3v) is 2.41. The molecule has 0 N–H and O–H groups in total. The van der Waals surface area contributed by atoms with Crippen molar-refractivity contribution in [1.29, 1.82) is 0 Å². The SMILES string of the molecule is C=CCN(CC(=O)OCC)C(=O)c1cccc(Cl)n1. The van der Waals surface area contributed by atoms with Crippen molar-refractivity contribution in [3.63, 3.8) is 0 Å². The molecule has 0 aliphatic carbocycles. The Morgan fingerprint density at radius 1 is 1.53 bits per heavy atom. The fourth-order valence-corrected chi connectivity index (χ4v) is 1.59. The van der Waals surface area contributed by atoms with Gasteiger partial charge in [-0.3, -0.25) is 9.59 Å². The van der Waals surface area contributed by atoms with E-state index in [0.717, 1.165) is 0 Å². The van der Waals surface area contributed by atoms with Crippen LogP contribution in [-0.2, 0) is 9.53 Å². The molecule has 0 bridgehead atoms. The first-order chi connectivity index (χ1) is 9.08. The van der Waals surface area contributed by atoms with Crippen LogP contribution < -0.4 is 0 Å². The fraction of sp³-hybridized carbons (Fsp3) is 0.308. The first-order valence-corrected chi connectivity index (χ1v) is 6.14. The summed E-state index contributed by atoms with van der Waals surface area (Å²) in [4.78, 5) is 28.8. The van der Waals surface area contributed by atoms with Gasteiger partial charge < -0.3 is 9.64 Å². The van der Waals surface area contributed by atoms with Crippen LogP contribution in [0.3, 0.4) is 0 Å². The molecule has 0 unspecified atom stereocenters. The van der Waals surface area contributed by atoms with Gasteiger partial charge >= 0.3 is 5.97 Å². The van der Waals surface area contributed by atoms with E-state index in [4.69, 9.17) is 16.3 Å². The maximum atomic E-state index is 12.2. The average molecular weight is 283 g/mol. The monoisotopic (exact) mass is 282 g/mol. The molecule has 0 fully saturated rings. The molecule has 1 aromatic rings. The number of ether oxygens (including phenoxy) is 1. The summed E-state index contributed by atoms with van der Waals surface area (Å²) in [6.07, 6.45) is 1.53. The maximum absolute atomic E-state index is 12.2. The number of nitrogens with zero attached hydrogens (tertiary/aromatic N) is 2. The molecular weight excluding hydrogens is 268 g/mol. The normalized spacial score (nSPS) is 9.79. The molecule has 0 saturated carbocycles. The average Bonchev–Trinajstić information content (AvgIpc) is 2.37. The zero-order valence-electron chi connectivity index (χ0n) is 10.6. The van der Waals surface area contributed by atoms with Crippen molar-refractivity contribution in [2.45, 2.75) is 6.92 Å². The highest BCUT2D eigenvalue weighted by molar-refractivity contribution is 6.29. The van der Waals surface area contributed by atoms with E-state index in [9.17, 15) is 9.59 Å². The number of hydrogen-bond donors (Lipinski definition) is 0. The van der Waals surface area contributed by atoms with Gasteiger partial charge in [0, 0.05) is 6.54 Å². The van der Waals surface area contributed by atoms with Crippen LogP contribution in [0.5, 0.6) is 0 Å². The molecule has 0 aliphatic rings. The van der Waals surface area contributed by atoms with Crippen molar-refractivity contribution in [2.75, 3.05) is 19.7 Å². The van der Waals surface area contributed by atoms with Gasteiger partial charge in [-0.2, -0.15) is 0 Å². The molecule has 1 aromatic heterocycles. The number of carbonyl (C=O) groups excluding carboxylic acids is 2. The smallest absolute Gasteiger partial charge is 0.325 e. The van der Waals surface area contributed by atoms with Crippen LogP contribution in [0.2, 0.25) is 5.15 Å². The van der Waals surface area contributed by atoms with Crippen LogP contribution in [0.1, 0.15) is 17.4 Å². The Bertz CT molecular complexity index is 477. The highest BCUT2D eigenvalue weighted by Gasteiger charge is 2.19. The van der Waals surface area contributed by atoms with Gasteiger partial charge in [0.2, 0.25) is 0 Å². The summed E-state index contributed by atoms with van der Waals surface area (Å²) in [5.74, 6) is -0.866. The van der Waals surface area contributed by atoms with Gasteiger partial charge in [-0.15, -0.1) is 6.58 Å². The number of aromatic nitrogens is 1. The quantitative estimate of drug-likeness (QED) is 0.454. The van der Waals surface area contributed by atoms with Crippen molar-refractivity contribution >= 4 is 23.5 Å². The van der Waals surface area contributed by atoms with Crippen LogP contribution >= 0.6 is 11.6 Å². The van der Waals surface area contributed by atoms with Crippen molar-refractivity contribution < 1.29 is 14.3 Å². The second kappa shape index (κ2) is 7.53. The van der Waals surface area contributed by atoms with Crippen molar-refractivity contribution in [3.8, 4) is 0 Å². The van der Waals surface area contributed by atoms with Gasteiger partial charge in [-0.25, -0.2) is 4.98 Å². The number of rotatable bonds is 6. The van der Waals surface area contributed by atoms with Crippen LogP contribution in [0.4, 0.5) is 0 Å². The summed E-state index contributed by atoms with van der Waals surface area (Å²) in [6, 6.07) is 4.73. The van der Waals surface area contributed by atoms with E-state index in [-0.39, 0.29) is 30.5 Å². The van der Waals surface area contributed by atoms with Crippen LogP contribution in [-0.4, -0.2) is 41.5 Å². The summed E-state index contributed by atoms with van der Waals surface area (Å²) in [7, 11) is 0. The Morgan fingerprint density at radius 2 is 2.26 bits per heavy atom. The third-order valence-electron chi connectivity index (χ3n) is 2.20. The lowest BCUT2D eigenvalue weighted by atomic mass is 10.3. The minimum Gasteiger partial charge on any atom is -0.465 e. The number of esters is 1. The number of amides is 1. The van der Waals surface area contributed by atoms with Gasteiger partial charge in [-0.1, -0.05) is 23.7 Å². The van der Waals surface area contributed by atoms with Crippen LogP contribution in [0.15, 0.2) is 30.9 Å². The van der Waals surface area contributed by atoms with Gasteiger partial charge in [-0.05, 0) is 19.1 Å². The zero-order chi connectivity index (χ0) is 14.3. The number of halogens is 1. The molecule has 1 amide bonds. The van der Waals surface area contributed by atoms with Gasteiger partial charge in [0.1, 0.15) is 17.4 Å². The number of carbonyl (C=O) groups is 2. The highest BCUT2D eigenvalue weighted by Crippen LogP contribution is 2.08. The largest absolute Gasteiger partial charge is 0.465 e. The van der Waals surface area contributed by atoms with E-state index < -0.39 is 11.9 Å². The summed E-state index contributed by atoms with van der Waals surface area (Å²) in [5, 5.41) is 0.223. The van der Waals surface area contributed by atoms with Gasteiger partial charge in [0.15, 0.2) is 0 Å². The third kappa shape index (κ3) is 4.71. The molecule has 102 valence electrons. The summed E-state index contributed by atoms with van der Waals surface area (Å²) in [6.45, 7) is 5.61. The second-order valence-corrected chi connectivity index (χ2v) is 4.01. The van der Waals surface area contributed by atoms with Crippen LogP contribution in [0.25, 0.3) is 0 Å². The number of pyridine rings is 1. The van der Waals surface area contributed by atoms with Crippen molar-refractivity contribution in [2.24, 2.45) is 0 Å². The van der Waals surface area contributed by atoms with Gasteiger partial charge in [0.25, 0.3) is 5.91 Å². The molecule has 0 atom stereocenters. The lowest BCUT2D eigenvalue weighted by molar-refractivity contribution is -0.143. The summed E-state index contributed by atoms with van der Waals surface area (Å²) < 4.78 is 4.81. The van der Waals surface area contributed by atoms with Crippen LogP contribution in [0, 0.1) is 0 Å². The zero-order valence-corrected chi connectivity index (χ0v) is 11.4. The predicted molar refractivity (Wildman–Crippen MR) is 72.0 cm³/mol. The van der Waals surface area contributed by atoms with E-state index in [1.165, 1.54) is 17.0 Å². The number of hydrogen-bond acceptors (Lipinski definition) is 4. The van der Waals surface area contributed by atoms with E-state index >= 15 is 0 Å². The van der Waals surface area contributed by atoms with E-state index in [1.54, 1.807) is 19.1 Å². The minimum absolute atomic E-state index is 0.146. The first-order valence-electron chi connectivity index (χ1n) is 5.76. The minimum atomic E-state index is -0.472. The van der Waals surface area contributed by atoms with E-state index in [0.29, 0.717) is 0 Å². The topological polar surface area (TPSA) is 59.5 Å². The van der Waals surface area contributed by atoms with Gasteiger partial charge in [0.05, 0.1) is 6.61 Å². The lowest BCUT2D eigenvalue weighted by Crippen LogP contribution is -2.37. The molecule has 0 spiro atoms. The van der Waals surface area contributed by atoms with Crippen molar-refractivity contribution in [1.82, 2.24) is 9.88 Å². The highest BCUT2D eigenvalue weighted by atomic mass is 35.5. The lowest BCUT2D eigenvalue weighted by Gasteiger charge is -2.19. The Labute approximate surface area is 116 Å². The summed E-state index contributed by atoms with van der Waals surface area (Å²) >= 11 is 5.73. The maximum Gasteiger partial charge on any atom is 0.325 e. The first kappa shape index (κ1) is 15.2. The summed E-state index contributed by atoms with van der Waals surface area (Å²) in [5.41, 5.74) is 0.179. The van der Waals surface area contributed by atoms with Crippen molar-refractivity contribution in [3.05, 3.63) is 41.7 Å². The Hall–Kier alpha value is -1.88. The molecule has 1 rings (SSSR count). The Morgan fingerprint density at radius 3 is 2.84 bits per heavy atom. The fourth-order valence-electron chi connectivity index (χ4n) is 1.43. The predicted octanol–water partition coefficient (Wildman–Crippen LogP) is 1.93. The molecule has 1 heterocycles. The Kier molecular flexibility index (Phi) is 6.02. The molecule has 5 nitrogen and oxygen atoms in total. The van der Waals surface area contributed by atoms with E-state index in [2.05, 4.69) is 11.6 Å². The molecule has 0 radical (unpaired) electrons. The second-order valence-electron chi connectivity index (χ2n) is 3.62. The molecule has 19 heavy (non-hydrogen) atoms. The Balaban J connectivity index is 2.83. The standard InChI is InChI=1S/C13H15ClN2O3/c1-3-8-16(9-12(17)19-4-2)13(18)10-6-5-7-11(14)15-10/h3,5-7H,1,4,8-9H2,2H3. The molecule has 0 saturated heterocycles. The molecule has 0 aromatic carbocycles. The molecule has 0 aliphatic heterocycles. The van der Waals surface area contributed by atoms with E-state index in [1.807, 2.05) is 0 Å². The molecule has 6 heteroatoms.